The minimum absolute atomic E-state index is 0.0908. The summed E-state index contributed by atoms with van der Waals surface area (Å²) in [7, 11) is 0. The van der Waals surface area contributed by atoms with Crippen LogP contribution in [0.3, 0.4) is 0 Å². The fraction of sp³-hybridized carbons (Fsp3) is 0.571. The number of nitrogens with one attached hydrogen (secondary N) is 1. The first-order valence-corrected chi connectivity index (χ1v) is 6.73. The number of hydrogen-bond donors (Lipinski definition) is 3. The number of aromatic amines is 1. The quantitative estimate of drug-likeness (QED) is 0.619. The predicted molar refractivity (Wildman–Crippen MR) is 74.7 cm³/mol. The molecule has 1 fully saturated rings. The molecule has 3 N–H and O–H groups in total. The minimum Gasteiger partial charge on any atom is -0.394 e. The maximum Gasteiger partial charge on any atom is 0.330 e. The first-order valence-electron chi connectivity index (χ1n) is 6.73. The third-order valence-electron chi connectivity index (χ3n) is 3.16. The summed E-state index contributed by atoms with van der Waals surface area (Å²) < 4.78 is 6.59. The third kappa shape index (κ3) is 3.42. The van der Waals surface area contributed by atoms with Gasteiger partial charge in [-0.3, -0.25) is 14.3 Å². The monoisotopic (exact) mass is 294 g/mol. The van der Waals surface area contributed by atoms with Gasteiger partial charge in [-0.15, -0.1) is 0 Å². The SMILES string of the molecule is CC(C)C#Cc1cn([C@@H]2CC(O)[C@H](CO)O2)c(=O)[nH]c1=O. The number of aliphatic hydroxyl groups excluding tert-OH is 2. The molecule has 0 spiro atoms. The van der Waals surface area contributed by atoms with Crippen LogP contribution < -0.4 is 11.2 Å². The van der Waals surface area contributed by atoms with Gasteiger partial charge in [0, 0.05) is 18.5 Å². The van der Waals surface area contributed by atoms with Gasteiger partial charge in [-0.2, -0.15) is 0 Å². The molecule has 0 amide bonds. The van der Waals surface area contributed by atoms with Crippen molar-refractivity contribution < 1.29 is 14.9 Å². The van der Waals surface area contributed by atoms with Crippen molar-refractivity contribution in [3.8, 4) is 11.8 Å². The number of rotatable bonds is 2. The van der Waals surface area contributed by atoms with Crippen molar-refractivity contribution in [1.29, 1.82) is 0 Å². The van der Waals surface area contributed by atoms with Crippen molar-refractivity contribution in [3.63, 3.8) is 0 Å². The summed E-state index contributed by atoms with van der Waals surface area (Å²) in [6.45, 7) is 3.44. The predicted octanol–water partition coefficient (Wildman–Crippen LogP) is -0.815. The van der Waals surface area contributed by atoms with E-state index >= 15 is 0 Å². The molecule has 0 saturated carbocycles. The average Bonchev–Trinajstić information content (AvgIpc) is 2.78. The van der Waals surface area contributed by atoms with Gasteiger partial charge in [-0.1, -0.05) is 25.7 Å². The van der Waals surface area contributed by atoms with Crippen LogP contribution >= 0.6 is 0 Å². The van der Waals surface area contributed by atoms with Crippen LogP contribution in [-0.4, -0.2) is 38.6 Å². The Morgan fingerprint density at radius 1 is 1.52 bits per heavy atom. The molecule has 1 aromatic heterocycles. The molecule has 3 atom stereocenters. The highest BCUT2D eigenvalue weighted by molar-refractivity contribution is 5.30. The molecule has 1 unspecified atom stereocenters. The zero-order valence-corrected chi connectivity index (χ0v) is 11.9. The summed E-state index contributed by atoms with van der Waals surface area (Å²) in [4.78, 5) is 25.7. The van der Waals surface area contributed by atoms with Crippen LogP contribution in [0, 0.1) is 17.8 Å². The smallest absolute Gasteiger partial charge is 0.330 e. The van der Waals surface area contributed by atoms with Gasteiger partial charge in [0.2, 0.25) is 0 Å². The molecule has 7 heteroatoms. The molecule has 114 valence electrons. The lowest BCUT2D eigenvalue weighted by atomic mass is 10.2. The van der Waals surface area contributed by atoms with Crippen molar-refractivity contribution in [3.05, 3.63) is 32.6 Å². The molecule has 2 heterocycles. The molecule has 7 nitrogen and oxygen atoms in total. The molecule has 0 aliphatic carbocycles. The Balaban J connectivity index is 2.38. The Morgan fingerprint density at radius 2 is 2.24 bits per heavy atom. The van der Waals surface area contributed by atoms with E-state index in [1.54, 1.807) is 0 Å². The van der Waals surface area contributed by atoms with Gasteiger partial charge in [-0.25, -0.2) is 4.79 Å². The van der Waals surface area contributed by atoms with Gasteiger partial charge in [0.05, 0.1) is 12.7 Å². The zero-order valence-electron chi connectivity index (χ0n) is 11.9. The van der Waals surface area contributed by atoms with E-state index in [2.05, 4.69) is 16.8 Å². The van der Waals surface area contributed by atoms with E-state index in [0.29, 0.717) is 0 Å². The van der Waals surface area contributed by atoms with Crippen LogP contribution in [0.5, 0.6) is 0 Å². The van der Waals surface area contributed by atoms with E-state index in [4.69, 9.17) is 9.84 Å². The highest BCUT2D eigenvalue weighted by Crippen LogP contribution is 2.27. The molecule has 1 aliphatic heterocycles. The summed E-state index contributed by atoms with van der Waals surface area (Å²) in [6.07, 6.45) is -0.841. The maximum atomic E-state index is 11.9. The van der Waals surface area contributed by atoms with E-state index in [9.17, 15) is 14.7 Å². The second kappa shape index (κ2) is 6.26. The summed E-state index contributed by atoms with van der Waals surface area (Å²) in [5.41, 5.74) is -1.03. The zero-order chi connectivity index (χ0) is 15.6. The summed E-state index contributed by atoms with van der Waals surface area (Å²) in [5.74, 6) is 5.66. The first kappa shape index (κ1) is 15.5. The standard InChI is InChI=1S/C14H18N2O5/c1-8(2)3-4-9-6-16(14(20)15-13(9)19)12-5-10(18)11(7-17)21-12/h6,8,10-12,17-18H,5,7H2,1-2H3,(H,15,19,20)/t10?,11-,12-/m0/s1. The molecule has 2 rings (SSSR count). The van der Waals surface area contributed by atoms with Crippen molar-refractivity contribution in [2.45, 2.75) is 38.7 Å². The fourth-order valence-electron chi connectivity index (χ4n) is 2.06. The fourth-order valence-corrected chi connectivity index (χ4v) is 2.06. The summed E-state index contributed by atoms with van der Waals surface area (Å²) in [6, 6.07) is 0. The second-order valence-corrected chi connectivity index (χ2v) is 5.25. The summed E-state index contributed by atoms with van der Waals surface area (Å²) in [5, 5.41) is 18.8. The molecule has 1 aromatic rings. The van der Waals surface area contributed by atoms with E-state index < -0.39 is 29.7 Å². The highest BCUT2D eigenvalue weighted by Gasteiger charge is 2.35. The van der Waals surface area contributed by atoms with Gasteiger partial charge in [0.25, 0.3) is 5.56 Å². The first-order chi connectivity index (χ1) is 9.92. The van der Waals surface area contributed by atoms with E-state index in [0.717, 1.165) is 0 Å². The van der Waals surface area contributed by atoms with Crippen LogP contribution in [-0.2, 0) is 4.74 Å². The molecule has 0 radical (unpaired) electrons. The van der Waals surface area contributed by atoms with Gasteiger partial charge >= 0.3 is 5.69 Å². The minimum atomic E-state index is -0.857. The van der Waals surface area contributed by atoms with Crippen LogP contribution in [0.4, 0.5) is 0 Å². The molecular weight excluding hydrogens is 276 g/mol. The molecule has 21 heavy (non-hydrogen) atoms. The largest absolute Gasteiger partial charge is 0.394 e. The molecule has 1 aliphatic rings. The highest BCUT2D eigenvalue weighted by atomic mass is 16.5. The molecular formula is C14H18N2O5. The molecule has 0 aromatic carbocycles. The third-order valence-corrected chi connectivity index (χ3v) is 3.16. The van der Waals surface area contributed by atoms with E-state index in [1.807, 2.05) is 13.8 Å². The number of aromatic nitrogens is 2. The van der Waals surface area contributed by atoms with Crippen molar-refractivity contribution >= 4 is 0 Å². The lowest BCUT2D eigenvalue weighted by Crippen LogP contribution is -2.33. The number of H-pyrrole nitrogens is 1. The van der Waals surface area contributed by atoms with Crippen molar-refractivity contribution in [2.24, 2.45) is 5.92 Å². The van der Waals surface area contributed by atoms with Crippen LogP contribution in [0.15, 0.2) is 15.8 Å². The average molecular weight is 294 g/mol. The topological polar surface area (TPSA) is 105 Å². The Bertz CT molecular complexity index is 679. The van der Waals surface area contributed by atoms with Crippen LogP contribution in [0.25, 0.3) is 0 Å². The Kier molecular flexibility index (Phi) is 4.63. The van der Waals surface area contributed by atoms with Gasteiger partial charge < -0.3 is 14.9 Å². The van der Waals surface area contributed by atoms with E-state index in [-0.39, 0.29) is 24.5 Å². The number of ether oxygens (including phenoxy) is 1. The molecule has 1 saturated heterocycles. The second-order valence-electron chi connectivity index (χ2n) is 5.25. The lowest BCUT2D eigenvalue weighted by molar-refractivity contribution is -0.0459. The van der Waals surface area contributed by atoms with Crippen molar-refractivity contribution in [2.75, 3.05) is 6.61 Å². The maximum absolute atomic E-state index is 11.9. The Hall–Kier alpha value is -1.88. The Morgan fingerprint density at radius 3 is 2.81 bits per heavy atom. The number of aliphatic hydroxyl groups is 2. The lowest BCUT2D eigenvalue weighted by Gasteiger charge is -2.14. The van der Waals surface area contributed by atoms with Crippen LogP contribution in [0.2, 0.25) is 0 Å². The van der Waals surface area contributed by atoms with Gasteiger partial charge in [0.15, 0.2) is 0 Å². The van der Waals surface area contributed by atoms with Gasteiger partial charge in [0.1, 0.15) is 17.9 Å². The Labute approximate surface area is 121 Å². The van der Waals surface area contributed by atoms with Crippen LogP contribution in [0.1, 0.15) is 32.1 Å². The van der Waals surface area contributed by atoms with Gasteiger partial charge in [-0.05, 0) is 0 Å². The van der Waals surface area contributed by atoms with Crippen molar-refractivity contribution in [1.82, 2.24) is 9.55 Å². The summed E-state index contributed by atoms with van der Waals surface area (Å²) >= 11 is 0. The number of hydrogen-bond acceptors (Lipinski definition) is 5. The molecule has 0 bridgehead atoms. The normalized spacial score (nSPS) is 24.9. The number of nitrogens with zero attached hydrogens (tertiary/aromatic N) is 1. The van der Waals surface area contributed by atoms with E-state index in [1.165, 1.54) is 10.8 Å².